The molecule has 0 radical (unpaired) electrons. The number of benzene rings is 2. The van der Waals surface area contributed by atoms with Crippen LogP contribution >= 0.6 is 0 Å². The fourth-order valence-electron chi connectivity index (χ4n) is 4.95. The summed E-state index contributed by atoms with van der Waals surface area (Å²) in [5.41, 5.74) is 5.38. The molecular weight excluding hydrogens is 424 g/mol. The van der Waals surface area contributed by atoms with Gasteiger partial charge in [-0.15, -0.1) is 0 Å². The highest BCUT2D eigenvalue weighted by Gasteiger charge is 2.34. The number of nitrogens with zero attached hydrogens (tertiary/aromatic N) is 2. The Hall–Kier alpha value is -3.72. The first kappa shape index (κ1) is 23.4. The predicted molar refractivity (Wildman–Crippen MR) is 137 cm³/mol. The number of methoxy groups -OCH3 is 1. The Morgan fingerprint density at radius 3 is 2.85 bits per heavy atom. The maximum absolute atomic E-state index is 12.8. The number of nitriles is 1. The summed E-state index contributed by atoms with van der Waals surface area (Å²) < 4.78 is 5.64. The maximum atomic E-state index is 12.8. The Morgan fingerprint density at radius 1 is 1.35 bits per heavy atom. The number of anilines is 1. The van der Waals surface area contributed by atoms with E-state index in [1.807, 2.05) is 30.5 Å². The summed E-state index contributed by atoms with van der Waals surface area (Å²) in [6.07, 6.45) is 5.30. The first-order valence-corrected chi connectivity index (χ1v) is 11.7. The second-order valence-electron chi connectivity index (χ2n) is 9.66. The number of carbonyl (C=O) groups is 1. The van der Waals surface area contributed by atoms with E-state index in [1.165, 1.54) is 5.56 Å². The van der Waals surface area contributed by atoms with Crippen molar-refractivity contribution in [3.63, 3.8) is 0 Å². The summed E-state index contributed by atoms with van der Waals surface area (Å²) >= 11 is 0. The van der Waals surface area contributed by atoms with Gasteiger partial charge in [0.1, 0.15) is 17.4 Å². The molecule has 3 aromatic rings. The molecule has 0 spiro atoms. The van der Waals surface area contributed by atoms with Gasteiger partial charge < -0.3 is 19.9 Å². The van der Waals surface area contributed by atoms with Crippen molar-refractivity contribution >= 4 is 28.6 Å². The van der Waals surface area contributed by atoms with E-state index >= 15 is 0 Å². The molecule has 0 bridgehead atoms. The van der Waals surface area contributed by atoms with Crippen LogP contribution in [0.5, 0.6) is 5.75 Å². The molecule has 0 saturated heterocycles. The number of hydrogen-bond acceptors (Lipinski definition) is 4. The lowest BCUT2D eigenvalue weighted by Crippen LogP contribution is -2.45. The van der Waals surface area contributed by atoms with Gasteiger partial charge in [0.05, 0.1) is 7.11 Å². The van der Waals surface area contributed by atoms with Crippen LogP contribution in [0.4, 0.5) is 5.69 Å². The van der Waals surface area contributed by atoms with E-state index in [2.05, 4.69) is 61.2 Å². The van der Waals surface area contributed by atoms with Gasteiger partial charge in [0.2, 0.25) is 0 Å². The van der Waals surface area contributed by atoms with E-state index in [9.17, 15) is 10.1 Å². The minimum Gasteiger partial charge on any atom is -0.496 e. The van der Waals surface area contributed by atoms with Crippen LogP contribution < -0.4 is 15.0 Å². The van der Waals surface area contributed by atoms with E-state index < -0.39 is 0 Å². The van der Waals surface area contributed by atoms with E-state index in [1.54, 1.807) is 13.2 Å². The average Bonchev–Trinajstić information content (AvgIpc) is 3.23. The largest absolute Gasteiger partial charge is 0.496 e. The summed E-state index contributed by atoms with van der Waals surface area (Å²) in [6, 6.07) is 14.2. The first-order valence-electron chi connectivity index (χ1n) is 11.7. The number of hydrogen-bond donors (Lipinski definition) is 2. The third kappa shape index (κ3) is 4.38. The second kappa shape index (κ2) is 9.26. The molecule has 1 unspecified atom stereocenters. The SMILES string of the molecule is COc1cc2c(cc1/C=C(\C#N)C(=O)NCCc1c[nH]c3ccccc13)C(C)CC(C)(C)N2C. The van der Waals surface area contributed by atoms with Gasteiger partial charge in [-0.3, -0.25) is 4.79 Å². The number of amides is 1. The van der Waals surface area contributed by atoms with Gasteiger partial charge in [0, 0.05) is 53.5 Å². The lowest BCUT2D eigenvalue weighted by molar-refractivity contribution is -0.117. The van der Waals surface area contributed by atoms with E-state index in [4.69, 9.17) is 4.74 Å². The highest BCUT2D eigenvalue weighted by atomic mass is 16.5. The molecule has 1 amide bonds. The van der Waals surface area contributed by atoms with Crippen LogP contribution in [0.25, 0.3) is 17.0 Å². The Kier molecular flexibility index (Phi) is 6.39. The zero-order valence-corrected chi connectivity index (χ0v) is 20.5. The number of nitrogens with one attached hydrogen (secondary N) is 2. The molecule has 0 aliphatic carbocycles. The fourth-order valence-corrected chi connectivity index (χ4v) is 4.95. The second-order valence-corrected chi connectivity index (χ2v) is 9.66. The van der Waals surface area contributed by atoms with Gasteiger partial charge in [-0.1, -0.05) is 25.1 Å². The number of para-hydroxylation sites is 1. The van der Waals surface area contributed by atoms with Crippen LogP contribution in [0, 0.1) is 11.3 Å². The van der Waals surface area contributed by atoms with Gasteiger partial charge in [-0.05, 0) is 61.9 Å². The molecule has 1 aromatic heterocycles. The molecule has 0 saturated carbocycles. The molecule has 1 aliphatic heterocycles. The topological polar surface area (TPSA) is 81.1 Å². The van der Waals surface area contributed by atoms with Gasteiger partial charge in [-0.25, -0.2) is 0 Å². The van der Waals surface area contributed by atoms with Gasteiger partial charge >= 0.3 is 0 Å². The van der Waals surface area contributed by atoms with Gasteiger partial charge in [-0.2, -0.15) is 5.26 Å². The van der Waals surface area contributed by atoms with Crippen LogP contribution in [-0.2, 0) is 11.2 Å². The summed E-state index contributed by atoms with van der Waals surface area (Å²) in [5, 5.41) is 13.8. The van der Waals surface area contributed by atoms with E-state index in [-0.39, 0.29) is 17.0 Å². The van der Waals surface area contributed by atoms with Crippen molar-refractivity contribution in [3.05, 3.63) is 64.9 Å². The molecule has 1 aliphatic rings. The molecule has 34 heavy (non-hydrogen) atoms. The molecule has 2 N–H and O–H groups in total. The molecule has 1 atom stereocenters. The number of rotatable bonds is 6. The Labute approximate surface area is 201 Å². The number of aromatic nitrogens is 1. The number of fused-ring (bicyclic) bond motifs is 2. The van der Waals surface area contributed by atoms with Crippen molar-refractivity contribution in [1.29, 1.82) is 5.26 Å². The summed E-state index contributed by atoms with van der Waals surface area (Å²) in [4.78, 5) is 18.3. The third-order valence-corrected chi connectivity index (χ3v) is 7.00. The number of aromatic amines is 1. The summed E-state index contributed by atoms with van der Waals surface area (Å²) in [5.74, 6) is 0.623. The van der Waals surface area contributed by atoms with Crippen LogP contribution in [0.15, 0.2) is 48.2 Å². The third-order valence-electron chi connectivity index (χ3n) is 7.00. The van der Waals surface area contributed by atoms with Crippen LogP contribution in [0.3, 0.4) is 0 Å². The predicted octanol–water partition coefficient (Wildman–Crippen LogP) is 5.16. The minimum absolute atomic E-state index is 0.0390. The molecule has 2 heterocycles. The van der Waals surface area contributed by atoms with E-state index in [0.717, 1.165) is 34.1 Å². The lowest BCUT2D eigenvalue weighted by Gasteiger charge is -2.45. The standard InChI is InChI=1S/C28H32N4O2/c1-18-15-28(2,3)32(4)25-14-26(34-5)20(13-23(18)25)12-21(16-29)27(33)30-11-10-19-17-31-24-9-7-6-8-22(19)24/h6-9,12-14,17-18,31H,10-11,15H2,1-5H3,(H,30,33)/b21-12+. The Morgan fingerprint density at radius 2 is 2.12 bits per heavy atom. The van der Waals surface area contributed by atoms with Crippen molar-refractivity contribution in [2.45, 2.75) is 45.1 Å². The maximum Gasteiger partial charge on any atom is 0.261 e. The molecule has 6 heteroatoms. The van der Waals surface area contributed by atoms with Crippen LogP contribution in [0.2, 0.25) is 0 Å². The number of ether oxygens (including phenoxy) is 1. The van der Waals surface area contributed by atoms with Crippen LogP contribution in [0.1, 0.15) is 49.8 Å². The minimum atomic E-state index is -0.381. The highest BCUT2D eigenvalue weighted by molar-refractivity contribution is 6.02. The number of carbonyl (C=O) groups excluding carboxylic acids is 1. The van der Waals surface area contributed by atoms with Gasteiger partial charge in [0.25, 0.3) is 5.91 Å². The average molecular weight is 457 g/mol. The molecule has 4 rings (SSSR count). The first-order chi connectivity index (χ1) is 16.2. The fraction of sp³-hybridized carbons (Fsp3) is 0.357. The van der Waals surface area contributed by atoms with Crippen molar-refractivity contribution in [1.82, 2.24) is 10.3 Å². The number of H-pyrrole nitrogens is 1. The Bertz CT molecular complexity index is 1300. The zero-order chi connectivity index (χ0) is 24.5. The molecule has 2 aromatic carbocycles. The highest BCUT2D eigenvalue weighted by Crippen LogP contribution is 2.45. The quantitative estimate of drug-likeness (QED) is 0.396. The smallest absolute Gasteiger partial charge is 0.261 e. The van der Waals surface area contributed by atoms with E-state index in [0.29, 0.717) is 24.6 Å². The van der Waals surface area contributed by atoms with Crippen molar-refractivity contribution in [3.8, 4) is 11.8 Å². The molecular formula is C28H32N4O2. The molecule has 176 valence electrons. The monoisotopic (exact) mass is 456 g/mol. The summed E-state index contributed by atoms with van der Waals surface area (Å²) in [6.45, 7) is 7.14. The normalized spacial score (nSPS) is 17.2. The van der Waals surface area contributed by atoms with Crippen LogP contribution in [-0.4, -0.2) is 37.1 Å². The lowest BCUT2D eigenvalue weighted by atomic mass is 9.80. The Balaban J connectivity index is 1.54. The van der Waals surface area contributed by atoms with Crippen molar-refractivity contribution in [2.75, 3.05) is 25.6 Å². The van der Waals surface area contributed by atoms with Crippen molar-refractivity contribution < 1.29 is 9.53 Å². The summed E-state index contributed by atoms with van der Waals surface area (Å²) in [7, 11) is 3.71. The molecule has 6 nitrogen and oxygen atoms in total. The van der Waals surface area contributed by atoms with Crippen molar-refractivity contribution in [2.24, 2.45) is 0 Å². The molecule has 0 fully saturated rings. The van der Waals surface area contributed by atoms with Gasteiger partial charge in [0.15, 0.2) is 0 Å². The zero-order valence-electron chi connectivity index (χ0n) is 20.5.